The standard InChI is InChI=1S/C26H17Br2N3O5/c27-19-12-18(23(21(28)14-19)36-26(34)22-10-5-11-35-22)15-29-31-25(33)17-8-4-9-20(13-17)30-24(32)16-6-2-1-3-7-16/h1-15H,(H,30,32)(H,31,33). The van der Waals surface area contributed by atoms with Gasteiger partial charge in [0.1, 0.15) is 0 Å². The highest BCUT2D eigenvalue weighted by atomic mass is 79.9. The van der Waals surface area contributed by atoms with E-state index in [9.17, 15) is 14.4 Å². The lowest BCUT2D eigenvalue weighted by molar-refractivity contribution is 0.0699. The van der Waals surface area contributed by atoms with Gasteiger partial charge in [0.25, 0.3) is 11.8 Å². The zero-order chi connectivity index (χ0) is 25.5. The third-order valence-corrected chi connectivity index (χ3v) is 5.79. The van der Waals surface area contributed by atoms with Crippen LogP contribution in [0.25, 0.3) is 0 Å². The van der Waals surface area contributed by atoms with Crippen LogP contribution in [0.2, 0.25) is 0 Å². The van der Waals surface area contributed by atoms with Gasteiger partial charge >= 0.3 is 5.97 Å². The third kappa shape index (κ3) is 6.35. The Kier molecular flexibility index (Phi) is 8.09. The molecule has 0 fully saturated rings. The van der Waals surface area contributed by atoms with Crippen molar-refractivity contribution in [2.24, 2.45) is 5.10 Å². The molecule has 4 aromatic rings. The first-order valence-corrected chi connectivity index (χ1v) is 12.0. The number of carbonyl (C=O) groups excluding carboxylic acids is 3. The highest BCUT2D eigenvalue weighted by Crippen LogP contribution is 2.32. The van der Waals surface area contributed by atoms with Crippen molar-refractivity contribution in [1.82, 2.24) is 5.43 Å². The molecule has 0 bridgehead atoms. The number of halogens is 2. The highest BCUT2D eigenvalue weighted by Gasteiger charge is 2.17. The zero-order valence-corrected chi connectivity index (χ0v) is 21.6. The number of ether oxygens (including phenoxy) is 1. The van der Waals surface area contributed by atoms with Crippen molar-refractivity contribution in [2.45, 2.75) is 0 Å². The maximum Gasteiger partial charge on any atom is 0.379 e. The van der Waals surface area contributed by atoms with Crippen LogP contribution >= 0.6 is 31.9 Å². The molecule has 2 N–H and O–H groups in total. The summed E-state index contributed by atoms with van der Waals surface area (Å²) in [5.74, 6) is -1.23. The molecule has 36 heavy (non-hydrogen) atoms. The van der Waals surface area contributed by atoms with Crippen molar-refractivity contribution in [2.75, 3.05) is 5.32 Å². The highest BCUT2D eigenvalue weighted by molar-refractivity contribution is 9.11. The Bertz CT molecular complexity index is 1440. The van der Waals surface area contributed by atoms with Crippen molar-refractivity contribution in [3.8, 4) is 5.75 Å². The number of hydrogen-bond donors (Lipinski definition) is 2. The Morgan fingerprint density at radius 3 is 2.39 bits per heavy atom. The average Bonchev–Trinajstić information content (AvgIpc) is 3.42. The molecular formula is C26H17Br2N3O5. The lowest BCUT2D eigenvalue weighted by atomic mass is 10.1. The van der Waals surface area contributed by atoms with E-state index in [0.717, 1.165) is 0 Å². The van der Waals surface area contributed by atoms with E-state index in [4.69, 9.17) is 9.15 Å². The average molecular weight is 611 g/mol. The van der Waals surface area contributed by atoms with Gasteiger partial charge in [0.05, 0.1) is 17.0 Å². The Hall–Kier alpha value is -4.02. The molecule has 10 heteroatoms. The quantitative estimate of drug-likeness (QED) is 0.115. The Morgan fingerprint density at radius 1 is 0.861 bits per heavy atom. The number of hydrogen-bond acceptors (Lipinski definition) is 6. The van der Waals surface area contributed by atoms with Crippen LogP contribution in [-0.4, -0.2) is 24.0 Å². The Balaban J connectivity index is 1.45. The molecular weight excluding hydrogens is 594 g/mol. The van der Waals surface area contributed by atoms with Crippen LogP contribution in [0.1, 0.15) is 36.8 Å². The number of hydrazone groups is 1. The molecule has 0 saturated heterocycles. The van der Waals surface area contributed by atoms with Crippen molar-refractivity contribution >= 4 is 61.5 Å². The van der Waals surface area contributed by atoms with E-state index in [-0.39, 0.29) is 23.0 Å². The first-order chi connectivity index (χ1) is 17.4. The summed E-state index contributed by atoms with van der Waals surface area (Å²) < 4.78 is 11.7. The maximum atomic E-state index is 12.6. The van der Waals surface area contributed by atoms with Crippen LogP contribution in [0.5, 0.6) is 5.75 Å². The first-order valence-electron chi connectivity index (χ1n) is 10.5. The summed E-state index contributed by atoms with van der Waals surface area (Å²) in [5, 5.41) is 6.76. The molecule has 4 rings (SSSR count). The fourth-order valence-electron chi connectivity index (χ4n) is 3.08. The number of amides is 2. The molecule has 3 aromatic carbocycles. The smallest absolute Gasteiger partial charge is 0.379 e. The van der Waals surface area contributed by atoms with Gasteiger partial charge in [0.15, 0.2) is 5.75 Å². The summed E-state index contributed by atoms with van der Waals surface area (Å²) in [6, 6.07) is 21.6. The predicted molar refractivity (Wildman–Crippen MR) is 141 cm³/mol. The van der Waals surface area contributed by atoms with E-state index >= 15 is 0 Å². The van der Waals surface area contributed by atoms with Gasteiger partial charge < -0.3 is 14.5 Å². The second-order valence-electron chi connectivity index (χ2n) is 7.27. The van der Waals surface area contributed by atoms with Crippen LogP contribution in [-0.2, 0) is 0 Å². The summed E-state index contributed by atoms with van der Waals surface area (Å²) >= 11 is 6.75. The van der Waals surface area contributed by atoms with Gasteiger partial charge in [-0.1, -0.05) is 40.2 Å². The summed E-state index contributed by atoms with van der Waals surface area (Å²) in [6.45, 7) is 0. The number of anilines is 1. The number of rotatable bonds is 7. The molecule has 180 valence electrons. The van der Waals surface area contributed by atoms with Crippen molar-refractivity contribution in [1.29, 1.82) is 0 Å². The van der Waals surface area contributed by atoms with E-state index in [1.165, 1.54) is 24.6 Å². The van der Waals surface area contributed by atoms with Gasteiger partial charge in [0.2, 0.25) is 5.76 Å². The minimum absolute atomic E-state index is 0.0419. The van der Waals surface area contributed by atoms with Crippen LogP contribution < -0.4 is 15.5 Å². The number of benzene rings is 3. The molecule has 2 amide bonds. The summed E-state index contributed by atoms with van der Waals surface area (Å²) in [5.41, 5.74) is 4.10. The van der Waals surface area contributed by atoms with Gasteiger partial charge in [-0.3, -0.25) is 9.59 Å². The Labute approximate surface area is 222 Å². The van der Waals surface area contributed by atoms with E-state index in [0.29, 0.717) is 25.8 Å². The van der Waals surface area contributed by atoms with Crippen molar-refractivity contribution in [3.63, 3.8) is 0 Å². The molecule has 8 nitrogen and oxygen atoms in total. The largest absolute Gasteiger partial charge is 0.457 e. The van der Waals surface area contributed by atoms with Crippen LogP contribution in [0, 0.1) is 0 Å². The van der Waals surface area contributed by atoms with E-state index in [2.05, 4.69) is 47.7 Å². The third-order valence-electron chi connectivity index (χ3n) is 4.74. The second-order valence-corrected chi connectivity index (χ2v) is 9.04. The van der Waals surface area contributed by atoms with E-state index in [1.54, 1.807) is 60.7 Å². The first kappa shape index (κ1) is 25.1. The molecule has 1 heterocycles. The number of furan rings is 1. The Morgan fingerprint density at radius 2 is 1.64 bits per heavy atom. The molecule has 0 atom stereocenters. The van der Waals surface area contributed by atoms with Crippen LogP contribution in [0.3, 0.4) is 0 Å². The molecule has 0 aliphatic heterocycles. The van der Waals surface area contributed by atoms with Crippen LogP contribution in [0.4, 0.5) is 5.69 Å². The fourth-order valence-corrected chi connectivity index (χ4v) is 4.42. The maximum absolute atomic E-state index is 12.6. The van der Waals surface area contributed by atoms with Gasteiger partial charge in [-0.05, 0) is 70.5 Å². The molecule has 0 radical (unpaired) electrons. The molecule has 0 spiro atoms. The number of esters is 1. The van der Waals surface area contributed by atoms with Gasteiger partial charge in [-0.2, -0.15) is 5.10 Å². The lowest BCUT2D eigenvalue weighted by Gasteiger charge is -2.09. The van der Waals surface area contributed by atoms with E-state index in [1.807, 2.05) is 6.07 Å². The van der Waals surface area contributed by atoms with Crippen LogP contribution in [0.15, 0.2) is 104 Å². The minimum atomic E-state index is -0.684. The normalized spacial score (nSPS) is 10.7. The van der Waals surface area contributed by atoms with Crippen molar-refractivity contribution in [3.05, 3.63) is 117 Å². The van der Waals surface area contributed by atoms with Gasteiger partial charge in [-0.25, -0.2) is 10.2 Å². The molecule has 0 aliphatic carbocycles. The van der Waals surface area contributed by atoms with Gasteiger partial charge in [0, 0.05) is 26.9 Å². The second kappa shape index (κ2) is 11.6. The van der Waals surface area contributed by atoms with Crippen molar-refractivity contribution < 1.29 is 23.5 Å². The molecule has 0 aliphatic rings. The molecule has 1 aromatic heterocycles. The summed E-state index contributed by atoms with van der Waals surface area (Å²) in [4.78, 5) is 37.4. The topological polar surface area (TPSA) is 110 Å². The lowest BCUT2D eigenvalue weighted by Crippen LogP contribution is -2.18. The van der Waals surface area contributed by atoms with E-state index < -0.39 is 11.9 Å². The fraction of sp³-hybridized carbons (Fsp3) is 0. The SMILES string of the molecule is O=C(NN=Cc1cc(Br)cc(Br)c1OC(=O)c1ccco1)c1cccc(NC(=O)c2ccccc2)c1. The summed E-state index contributed by atoms with van der Waals surface area (Å²) in [6.07, 6.45) is 2.71. The predicted octanol–water partition coefficient (Wildman–Crippen LogP) is 6.04. The number of carbonyl (C=O) groups is 3. The molecule has 0 unspecified atom stereocenters. The summed E-state index contributed by atoms with van der Waals surface area (Å²) in [7, 11) is 0. The number of nitrogens with one attached hydrogen (secondary N) is 2. The molecule has 0 saturated carbocycles. The monoisotopic (exact) mass is 609 g/mol. The van der Waals surface area contributed by atoms with Gasteiger partial charge in [-0.15, -0.1) is 0 Å². The minimum Gasteiger partial charge on any atom is -0.457 e. The zero-order valence-electron chi connectivity index (χ0n) is 18.4. The number of nitrogens with zero attached hydrogens (tertiary/aromatic N) is 1.